The van der Waals surface area contributed by atoms with Crippen LogP contribution >= 0.6 is 0 Å². The van der Waals surface area contributed by atoms with Crippen molar-refractivity contribution in [2.45, 2.75) is 32.8 Å². The highest BCUT2D eigenvalue weighted by atomic mass is 16.6. The van der Waals surface area contributed by atoms with Crippen molar-refractivity contribution in [3.05, 3.63) is 30.0 Å². The van der Waals surface area contributed by atoms with E-state index >= 15 is 0 Å². The summed E-state index contributed by atoms with van der Waals surface area (Å²) >= 11 is 0. The molecule has 0 aromatic carbocycles. The van der Waals surface area contributed by atoms with E-state index in [1.807, 2.05) is 39.0 Å². The first-order valence-electron chi connectivity index (χ1n) is 8.14. The molecule has 1 aliphatic rings. The molecule has 0 fully saturated rings. The summed E-state index contributed by atoms with van der Waals surface area (Å²) < 4.78 is 5.41. The van der Waals surface area contributed by atoms with E-state index < -0.39 is 5.60 Å². The van der Waals surface area contributed by atoms with Gasteiger partial charge < -0.3 is 15.4 Å². The van der Waals surface area contributed by atoms with E-state index in [2.05, 4.69) is 20.4 Å². The summed E-state index contributed by atoms with van der Waals surface area (Å²) in [5.74, 6) is 0.375. The number of ether oxygens (including phenoxy) is 1. The van der Waals surface area contributed by atoms with Crippen molar-refractivity contribution in [3.63, 3.8) is 0 Å². The molecule has 3 heterocycles. The van der Waals surface area contributed by atoms with Crippen LogP contribution in [-0.4, -0.2) is 50.1 Å². The lowest BCUT2D eigenvalue weighted by Gasteiger charge is -2.29. The smallest absolute Gasteiger partial charge is 0.410 e. The molecule has 2 aromatic rings. The van der Waals surface area contributed by atoms with Gasteiger partial charge in [-0.1, -0.05) is 6.08 Å². The number of nitrogen functional groups attached to an aromatic ring is 1. The molecule has 0 unspecified atom stereocenters. The van der Waals surface area contributed by atoms with Crippen molar-refractivity contribution in [1.29, 1.82) is 0 Å². The number of aromatic amines is 1. The third-order valence-electron chi connectivity index (χ3n) is 3.81. The molecule has 1 amide bonds. The van der Waals surface area contributed by atoms with Crippen molar-refractivity contribution < 1.29 is 9.53 Å². The molecule has 0 saturated heterocycles. The molecule has 3 N–H and O–H groups in total. The molecule has 0 saturated carbocycles. The number of carbonyl (C=O) groups is 1. The van der Waals surface area contributed by atoms with Gasteiger partial charge in [0, 0.05) is 24.8 Å². The summed E-state index contributed by atoms with van der Waals surface area (Å²) in [6.45, 7) is 6.62. The Bertz CT molecular complexity index is 792. The number of nitrogens with two attached hydrogens (primary N) is 1. The first-order chi connectivity index (χ1) is 11.8. The number of rotatable bonds is 2. The minimum Gasteiger partial charge on any atom is -0.444 e. The lowest BCUT2D eigenvalue weighted by Crippen LogP contribution is -2.39. The van der Waals surface area contributed by atoms with Gasteiger partial charge in [0.1, 0.15) is 11.3 Å². The maximum Gasteiger partial charge on any atom is 0.410 e. The summed E-state index contributed by atoms with van der Waals surface area (Å²) in [7, 11) is 0. The first kappa shape index (κ1) is 16.9. The number of H-pyrrole nitrogens is 1. The Balaban J connectivity index is 1.77. The SMILES string of the molecule is CC(C)(C)OC(=O)N1CC=C(c2cc(-c3ccn[nH]3)nnc2N)CC1. The lowest BCUT2D eigenvalue weighted by atomic mass is 9.99. The first-order valence-corrected chi connectivity index (χ1v) is 8.14. The topological polar surface area (TPSA) is 110 Å². The van der Waals surface area contributed by atoms with Crippen molar-refractivity contribution in [2.24, 2.45) is 0 Å². The fourth-order valence-corrected chi connectivity index (χ4v) is 2.59. The highest BCUT2D eigenvalue weighted by Gasteiger charge is 2.24. The van der Waals surface area contributed by atoms with Gasteiger partial charge in [-0.2, -0.15) is 5.10 Å². The number of hydrogen-bond donors (Lipinski definition) is 2. The molecule has 3 rings (SSSR count). The van der Waals surface area contributed by atoms with E-state index in [4.69, 9.17) is 10.5 Å². The molecular weight excluding hydrogens is 320 g/mol. The number of amides is 1. The van der Waals surface area contributed by atoms with Crippen LogP contribution < -0.4 is 5.73 Å². The zero-order valence-corrected chi connectivity index (χ0v) is 14.6. The molecular formula is C17H22N6O2. The lowest BCUT2D eigenvalue weighted by molar-refractivity contribution is 0.0270. The second kappa shape index (κ2) is 6.54. The van der Waals surface area contributed by atoms with Crippen LogP contribution in [0.15, 0.2) is 24.4 Å². The molecule has 2 aromatic heterocycles. The van der Waals surface area contributed by atoms with Crippen molar-refractivity contribution >= 4 is 17.5 Å². The molecule has 0 spiro atoms. The highest BCUT2D eigenvalue weighted by Crippen LogP contribution is 2.28. The zero-order chi connectivity index (χ0) is 18.0. The largest absolute Gasteiger partial charge is 0.444 e. The van der Waals surface area contributed by atoms with Gasteiger partial charge in [0.2, 0.25) is 0 Å². The zero-order valence-electron chi connectivity index (χ0n) is 14.6. The average Bonchev–Trinajstić information content (AvgIpc) is 3.08. The maximum absolute atomic E-state index is 12.1. The van der Waals surface area contributed by atoms with Crippen molar-refractivity contribution in [3.8, 4) is 11.4 Å². The minimum atomic E-state index is -0.500. The summed E-state index contributed by atoms with van der Waals surface area (Å²) in [4.78, 5) is 13.8. The number of hydrogen-bond acceptors (Lipinski definition) is 6. The Morgan fingerprint density at radius 1 is 1.36 bits per heavy atom. The van der Waals surface area contributed by atoms with Crippen molar-refractivity contribution in [1.82, 2.24) is 25.3 Å². The summed E-state index contributed by atoms with van der Waals surface area (Å²) in [5.41, 5.74) is 8.85. The van der Waals surface area contributed by atoms with E-state index in [0.29, 0.717) is 31.0 Å². The minimum absolute atomic E-state index is 0.304. The fraction of sp³-hybridized carbons (Fsp3) is 0.412. The number of anilines is 1. The van der Waals surface area contributed by atoms with Gasteiger partial charge in [-0.05, 0) is 44.9 Å². The van der Waals surface area contributed by atoms with Gasteiger partial charge in [-0.15, -0.1) is 10.2 Å². The number of carbonyl (C=O) groups excluding carboxylic acids is 1. The Hall–Kier alpha value is -2.90. The van der Waals surface area contributed by atoms with Crippen LogP contribution in [0.4, 0.5) is 10.6 Å². The molecule has 0 aliphatic carbocycles. The Morgan fingerprint density at radius 2 is 2.16 bits per heavy atom. The van der Waals surface area contributed by atoms with Crippen molar-refractivity contribution in [2.75, 3.05) is 18.8 Å². The average molecular weight is 342 g/mol. The summed E-state index contributed by atoms with van der Waals surface area (Å²) in [6, 6.07) is 3.72. The molecule has 0 bridgehead atoms. The molecule has 25 heavy (non-hydrogen) atoms. The van der Waals surface area contributed by atoms with Crippen LogP contribution in [0, 0.1) is 0 Å². The number of nitrogens with one attached hydrogen (secondary N) is 1. The Kier molecular flexibility index (Phi) is 4.43. The molecule has 8 heteroatoms. The second-order valence-corrected chi connectivity index (χ2v) is 6.90. The second-order valence-electron chi connectivity index (χ2n) is 6.90. The monoisotopic (exact) mass is 342 g/mol. The van der Waals surface area contributed by atoms with Gasteiger partial charge >= 0.3 is 6.09 Å². The van der Waals surface area contributed by atoms with Crippen LogP contribution in [-0.2, 0) is 4.74 Å². The molecule has 1 aliphatic heterocycles. The summed E-state index contributed by atoms with van der Waals surface area (Å²) in [5, 5.41) is 14.9. The van der Waals surface area contributed by atoms with E-state index in [9.17, 15) is 4.79 Å². The number of aromatic nitrogens is 4. The number of nitrogens with zero attached hydrogens (tertiary/aromatic N) is 4. The fourth-order valence-electron chi connectivity index (χ4n) is 2.59. The van der Waals surface area contributed by atoms with Crippen LogP contribution in [0.25, 0.3) is 17.0 Å². The molecule has 0 atom stereocenters. The van der Waals surface area contributed by atoms with Gasteiger partial charge in [-0.3, -0.25) is 5.10 Å². The summed E-state index contributed by atoms with van der Waals surface area (Å²) in [6.07, 6.45) is 4.02. The predicted molar refractivity (Wildman–Crippen MR) is 94.4 cm³/mol. The molecule has 132 valence electrons. The van der Waals surface area contributed by atoms with Gasteiger partial charge in [-0.25, -0.2) is 4.79 Å². The predicted octanol–water partition coefficient (Wildman–Crippen LogP) is 2.47. The van der Waals surface area contributed by atoms with E-state index in [-0.39, 0.29) is 6.09 Å². The van der Waals surface area contributed by atoms with Gasteiger partial charge in [0.05, 0.1) is 5.69 Å². The van der Waals surface area contributed by atoms with Crippen LogP contribution in [0.3, 0.4) is 0 Å². The van der Waals surface area contributed by atoms with E-state index in [1.165, 1.54) is 0 Å². The molecule has 8 nitrogen and oxygen atoms in total. The normalized spacial score (nSPS) is 15.0. The van der Waals surface area contributed by atoms with Crippen LogP contribution in [0.1, 0.15) is 32.8 Å². The van der Waals surface area contributed by atoms with Crippen LogP contribution in [0.2, 0.25) is 0 Å². The van der Waals surface area contributed by atoms with Gasteiger partial charge in [0.25, 0.3) is 0 Å². The maximum atomic E-state index is 12.1. The van der Waals surface area contributed by atoms with Gasteiger partial charge in [0.15, 0.2) is 5.82 Å². The highest BCUT2D eigenvalue weighted by molar-refractivity contribution is 5.78. The Morgan fingerprint density at radius 3 is 2.76 bits per heavy atom. The Labute approximate surface area is 146 Å². The van der Waals surface area contributed by atoms with Crippen LogP contribution in [0.5, 0.6) is 0 Å². The van der Waals surface area contributed by atoms with E-state index in [0.717, 1.165) is 16.8 Å². The molecule has 0 radical (unpaired) electrons. The van der Waals surface area contributed by atoms with E-state index in [1.54, 1.807) is 11.1 Å². The quantitative estimate of drug-likeness (QED) is 0.867. The third-order valence-corrected chi connectivity index (χ3v) is 3.81. The third kappa shape index (κ3) is 3.96. The standard InChI is InChI=1S/C17H22N6O2/c1-17(2,3)25-16(24)23-8-5-11(6-9-23)12-10-14(21-22-15(12)18)13-4-7-19-20-13/h4-5,7,10H,6,8-9H2,1-3H3,(H2,18,22)(H,19,20).